The molecule has 2 N–H and O–H groups in total. The molecule has 3 atom stereocenters. The van der Waals surface area contributed by atoms with E-state index in [4.69, 9.17) is 27.9 Å². The predicted molar refractivity (Wildman–Crippen MR) is 104 cm³/mol. The Kier molecular flexibility index (Phi) is 7.92. The standard InChI is InChI=1S/C19H24Cl2N2O4/c1-11-5-3-4-6-16(11)23-18(25)12(2)27-17(24)10-22-19(26)14-8-7-13(20)9-15(14)21/h7-9,11-12,16H,3-6,10H2,1-2H3,(H,22,26)(H,23,25). The first-order chi connectivity index (χ1) is 12.8. The minimum Gasteiger partial charge on any atom is -0.451 e. The number of carbonyl (C=O) groups is 3. The largest absolute Gasteiger partial charge is 0.451 e. The first-order valence-corrected chi connectivity index (χ1v) is 9.76. The van der Waals surface area contributed by atoms with E-state index in [1.54, 1.807) is 0 Å². The molecule has 0 saturated heterocycles. The van der Waals surface area contributed by atoms with Gasteiger partial charge in [-0.05, 0) is 43.9 Å². The number of rotatable bonds is 6. The van der Waals surface area contributed by atoms with E-state index < -0.39 is 18.0 Å². The summed E-state index contributed by atoms with van der Waals surface area (Å²) >= 11 is 11.7. The SMILES string of the molecule is CC(OC(=O)CNC(=O)c1ccc(Cl)cc1Cl)C(=O)NC1CCCCC1C. The van der Waals surface area contributed by atoms with Gasteiger partial charge in [0.1, 0.15) is 6.54 Å². The molecule has 1 aromatic rings. The molecule has 1 aliphatic carbocycles. The number of amides is 2. The minimum atomic E-state index is -0.928. The molecule has 0 radical (unpaired) electrons. The Morgan fingerprint density at radius 2 is 1.93 bits per heavy atom. The van der Waals surface area contributed by atoms with Crippen molar-refractivity contribution in [3.8, 4) is 0 Å². The lowest BCUT2D eigenvalue weighted by Gasteiger charge is -2.30. The Hall–Kier alpha value is -1.79. The van der Waals surface area contributed by atoms with Crippen molar-refractivity contribution < 1.29 is 19.1 Å². The highest BCUT2D eigenvalue weighted by Crippen LogP contribution is 2.24. The van der Waals surface area contributed by atoms with E-state index in [0.29, 0.717) is 10.9 Å². The zero-order valence-electron chi connectivity index (χ0n) is 15.4. The number of benzene rings is 1. The van der Waals surface area contributed by atoms with Gasteiger partial charge in [0, 0.05) is 11.1 Å². The van der Waals surface area contributed by atoms with Gasteiger partial charge in [-0.3, -0.25) is 14.4 Å². The molecule has 0 spiro atoms. The summed E-state index contributed by atoms with van der Waals surface area (Å²) in [5, 5.41) is 5.95. The van der Waals surface area contributed by atoms with Gasteiger partial charge in [-0.25, -0.2) is 0 Å². The van der Waals surface area contributed by atoms with E-state index >= 15 is 0 Å². The summed E-state index contributed by atoms with van der Waals surface area (Å²) in [6.07, 6.45) is 3.35. The zero-order chi connectivity index (χ0) is 20.0. The second kappa shape index (κ2) is 9.95. The van der Waals surface area contributed by atoms with Crippen molar-refractivity contribution in [3.05, 3.63) is 33.8 Å². The first-order valence-electron chi connectivity index (χ1n) is 9.01. The van der Waals surface area contributed by atoms with Gasteiger partial charge in [-0.15, -0.1) is 0 Å². The molecule has 1 aromatic carbocycles. The summed E-state index contributed by atoms with van der Waals surface area (Å²) < 4.78 is 5.10. The van der Waals surface area contributed by atoms with Crippen LogP contribution in [-0.4, -0.2) is 36.5 Å². The number of ether oxygens (including phenoxy) is 1. The van der Waals surface area contributed by atoms with E-state index in [1.165, 1.54) is 31.5 Å². The van der Waals surface area contributed by atoms with Crippen molar-refractivity contribution >= 4 is 41.0 Å². The number of esters is 1. The van der Waals surface area contributed by atoms with Crippen LogP contribution < -0.4 is 10.6 Å². The van der Waals surface area contributed by atoms with Crippen LogP contribution in [0.25, 0.3) is 0 Å². The molecule has 2 rings (SSSR count). The van der Waals surface area contributed by atoms with Gasteiger partial charge >= 0.3 is 5.97 Å². The fourth-order valence-electron chi connectivity index (χ4n) is 3.04. The Labute approximate surface area is 168 Å². The van der Waals surface area contributed by atoms with Crippen LogP contribution in [0.15, 0.2) is 18.2 Å². The Bertz CT molecular complexity index is 711. The van der Waals surface area contributed by atoms with Crippen molar-refractivity contribution in [1.29, 1.82) is 0 Å². The summed E-state index contributed by atoms with van der Waals surface area (Å²) in [6.45, 7) is 3.26. The fraction of sp³-hybridized carbons (Fsp3) is 0.526. The zero-order valence-corrected chi connectivity index (χ0v) is 16.9. The Balaban J connectivity index is 1.78. The van der Waals surface area contributed by atoms with Crippen LogP contribution in [-0.2, 0) is 14.3 Å². The van der Waals surface area contributed by atoms with Crippen LogP contribution in [0.5, 0.6) is 0 Å². The van der Waals surface area contributed by atoms with Gasteiger partial charge in [0.2, 0.25) is 0 Å². The van der Waals surface area contributed by atoms with Gasteiger partial charge in [-0.1, -0.05) is 43.0 Å². The summed E-state index contributed by atoms with van der Waals surface area (Å²) in [5.41, 5.74) is 0.200. The number of hydrogen-bond donors (Lipinski definition) is 2. The van der Waals surface area contributed by atoms with Crippen molar-refractivity contribution in [1.82, 2.24) is 10.6 Å². The maximum absolute atomic E-state index is 12.2. The normalized spacial score (nSPS) is 20.4. The molecule has 8 heteroatoms. The Morgan fingerprint density at radius 1 is 1.22 bits per heavy atom. The Morgan fingerprint density at radius 3 is 2.59 bits per heavy atom. The van der Waals surface area contributed by atoms with E-state index in [-0.39, 0.29) is 29.1 Å². The number of halogens is 2. The molecule has 1 fully saturated rings. The fourth-order valence-corrected chi connectivity index (χ4v) is 3.54. The van der Waals surface area contributed by atoms with Crippen LogP contribution in [0.4, 0.5) is 0 Å². The number of carbonyl (C=O) groups excluding carboxylic acids is 3. The minimum absolute atomic E-state index is 0.110. The lowest BCUT2D eigenvalue weighted by molar-refractivity contribution is -0.154. The molecule has 2 amide bonds. The molecule has 0 bridgehead atoms. The molecule has 148 valence electrons. The average molecular weight is 415 g/mol. The van der Waals surface area contributed by atoms with Crippen LogP contribution in [0, 0.1) is 5.92 Å². The smallest absolute Gasteiger partial charge is 0.326 e. The van der Waals surface area contributed by atoms with Crippen molar-refractivity contribution in [2.45, 2.75) is 51.7 Å². The van der Waals surface area contributed by atoms with Gasteiger partial charge in [-0.2, -0.15) is 0 Å². The molecule has 0 aliphatic heterocycles. The molecule has 1 saturated carbocycles. The van der Waals surface area contributed by atoms with Crippen LogP contribution in [0.1, 0.15) is 49.9 Å². The van der Waals surface area contributed by atoms with Crippen molar-refractivity contribution in [2.24, 2.45) is 5.92 Å². The molecule has 0 heterocycles. The molecule has 1 aliphatic rings. The summed E-state index contributed by atoms with van der Waals surface area (Å²) in [6, 6.07) is 4.54. The highest BCUT2D eigenvalue weighted by atomic mass is 35.5. The van der Waals surface area contributed by atoms with Crippen LogP contribution in [0.2, 0.25) is 10.0 Å². The monoisotopic (exact) mass is 414 g/mol. The van der Waals surface area contributed by atoms with E-state index in [9.17, 15) is 14.4 Å². The van der Waals surface area contributed by atoms with E-state index in [1.807, 2.05) is 0 Å². The highest BCUT2D eigenvalue weighted by molar-refractivity contribution is 6.36. The first kappa shape index (κ1) is 21.5. The summed E-state index contributed by atoms with van der Waals surface area (Å²) in [7, 11) is 0. The van der Waals surface area contributed by atoms with Gasteiger partial charge in [0.25, 0.3) is 11.8 Å². The van der Waals surface area contributed by atoms with Gasteiger partial charge in [0.15, 0.2) is 6.10 Å². The highest BCUT2D eigenvalue weighted by Gasteiger charge is 2.26. The number of hydrogen-bond acceptors (Lipinski definition) is 4. The molecular weight excluding hydrogens is 391 g/mol. The van der Waals surface area contributed by atoms with Gasteiger partial charge in [0.05, 0.1) is 10.6 Å². The second-order valence-corrected chi connectivity index (χ2v) is 7.66. The van der Waals surface area contributed by atoms with Gasteiger partial charge < -0.3 is 15.4 Å². The lowest BCUT2D eigenvalue weighted by Crippen LogP contribution is -2.46. The molecular formula is C19H24Cl2N2O4. The second-order valence-electron chi connectivity index (χ2n) is 6.82. The third kappa shape index (κ3) is 6.40. The van der Waals surface area contributed by atoms with E-state index in [0.717, 1.165) is 19.3 Å². The third-order valence-corrected chi connectivity index (χ3v) is 5.23. The molecule has 27 heavy (non-hydrogen) atoms. The van der Waals surface area contributed by atoms with Crippen molar-refractivity contribution in [2.75, 3.05) is 6.54 Å². The predicted octanol–water partition coefficient (Wildman–Crippen LogP) is 3.35. The van der Waals surface area contributed by atoms with E-state index in [2.05, 4.69) is 17.6 Å². The van der Waals surface area contributed by atoms with Crippen LogP contribution >= 0.6 is 23.2 Å². The maximum Gasteiger partial charge on any atom is 0.326 e. The lowest BCUT2D eigenvalue weighted by atomic mass is 9.86. The quantitative estimate of drug-likeness (QED) is 0.698. The molecule has 6 nitrogen and oxygen atoms in total. The topological polar surface area (TPSA) is 84.5 Å². The van der Waals surface area contributed by atoms with Crippen LogP contribution in [0.3, 0.4) is 0 Å². The number of nitrogens with one attached hydrogen (secondary N) is 2. The summed E-state index contributed by atoms with van der Waals surface area (Å²) in [5.74, 6) is -1.14. The average Bonchev–Trinajstić information content (AvgIpc) is 2.61. The molecule has 3 unspecified atom stereocenters. The van der Waals surface area contributed by atoms with Crippen molar-refractivity contribution in [3.63, 3.8) is 0 Å². The molecule has 0 aromatic heterocycles. The third-order valence-electron chi connectivity index (χ3n) is 4.69. The summed E-state index contributed by atoms with van der Waals surface area (Å²) in [4.78, 5) is 36.2. The maximum atomic E-state index is 12.2.